The molecule has 1 aromatic heterocycles. The lowest BCUT2D eigenvalue weighted by molar-refractivity contribution is 0.590. The Morgan fingerprint density at radius 1 is 0.429 bits per heavy atom. The van der Waals surface area contributed by atoms with E-state index in [2.05, 4.69) is 231 Å². The van der Waals surface area contributed by atoms with Gasteiger partial charge in [0.2, 0.25) is 0 Å². The van der Waals surface area contributed by atoms with E-state index in [1.807, 2.05) is 11.3 Å². The summed E-state index contributed by atoms with van der Waals surface area (Å²) in [6.07, 6.45) is 0. The van der Waals surface area contributed by atoms with E-state index in [1.54, 1.807) is 0 Å². The second kappa shape index (κ2) is 14.0. The van der Waals surface area contributed by atoms with Crippen LogP contribution in [0.25, 0.3) is 41.7 Å². The molecule has 0 spiro atoms. The minimum atomic E-state index is 0.0370. The van der Waals surface area contributed by atoms with Crippen molar-refractivity contribution in [3.8, 4) is 0 Å². The molecule has 0 aliphatic heterocycles. The Morgan fingerprint density at radius 2 is 0.875 bits per heavy atom. The molecule has 0 saturated heterocycles. The van der Waals surface area contributed by atoms with Gasteiger partial charge in [0, 0.05) is 42.9 Å². The SMILES string of the molecule is CC(C)(C)c1ccc(N(c2ccc(C(C)(C)C)cc2)c2c(Br)c(N(c3ccc4ccccc4c3)c3ccc4ccccc4c3)cc3sc4ccccc4c23)cc1. The van der Waals surface area contributed by atoms with Gasteiger partial charge in [0.05, 0.1) is 15.8 Å². The van der Waals surface area contributed by atoms with Crippen molar-refractivity contribution in [3.05, 3.63) is 179 Å². The molecular weight excluding hydrogens is 765 g/mol. The van der Waals surface area contributed by atoms with E-state index >= 15 is 0 Å². The predicted octanol–water partition coefficient (Wildman–Crippen LogP) is 16.7. The second-order valence-electron chi connectivity index (χ2n) is 16.9. The smallest absolute Gasteiger partial charge is 0.0718 e. The van der Waals surface area contributed by atoms with Crippen LogP contribution in [-0.4, -0.2) is 0 Å². The number of halogens is 1. The van der Waals surface area contributed by atoms with Crippen molar-refractivity contribution in [2.75, 3.05) is 9.80 Å². The van der Waals surface area contributed by atoms with Crippen molar-refractivity contribution >= 4 is 103 Å². The molecule has 56 heavy (non-hydrogen) atoms. The van der Waals surface area contributed by atoms with Crippen LogP contribution in [0, 0.1) is 0 Å². The Morgan fingerprint density at radius 3 is 1.38 bits per heavy atom. The molecule has 8 aromatic carbocycles. The van der Waals surface area contributed by atoms with Crippen molar-refractivity contribution < 1.29 is 0 Å². The van der Waals surface area contributed by atoms with Gasteiger partial charge in [-0.3, -0.25) is 0 Å². The number of thiophene rings is 1. The van der Waals surface area contributed by atoms with E-state index in [1.165, 1.54) is 52.8 Å². The van der Waals surface area contributed by atoms with Crippen LogP contribution in [-0.2, 0) is 10.8 Å². The normalized spacial score (nSPS) is 12.2. The maximum absolute atomic E-state index is 4.38. The number of benzene rings is 8. The van der Waals surface area contributed by atoms with E-state index in [9.17, 15) is 0 Å². The number of nitrogens with zero attached hydrogens (tertiary/aromatic N) is 2. The van der Waals surface area contributed by atoms with Crippen molar-refractivity contribution in [1.82, 2.24) is 0 Å². The molecule has 276 valence electrons. The summed E-state index contributed by atoms with van der Waals surface area (Å²) in [5.74, 6) is 0. The summed E-state index contributed by atoms with van der Waals surface area (Å²) in [4.78, 5) is 4.90. The first-order valence-electron chi connectivity index (χ1n) is 19.4. The van der Waals surface area contributed by atoms with Crippen LogP contribution in [0.1, 0.15) is 52.7 Å². The number of hydrogen-bond donors (Lipinski definition) is 0. The zero-order chi connectivity index (χ0) is 38.8. The van der Waals surface area contributed by atoms with Gasteiger partial charge in [-0.25, -0.2) is 0 Å². The summed E-state index contributed by atoms with van der Waals surface area (Å²) in [6.45, 7) is 13.7. The van der Waals surface area contributed by atoms with Crippen LogP contribution in [0.5, 0.6) is 0 Å². The van der Waals surface area contributed by atoms with Crippen molar-refractivity contribution in [3.63, 3.8) is 0 Å². The zero-order valence-electron chi connectivity index (χ0n) is 32.8. The molecule has 0 fully saturated rings. The molecule has 0 amide bonds. The largest absolute Gasteiger partial charge is 0.309 e. The van der Waals surface area contributed by atoms with E-state index in [0.717, 1.165) is 38.6 Å². The molecule has 4 heteroatoms. The summed E-state index contributed by atoms with van der Waals surface area (Å²) in [5.41, 5.74) is 9.30. The molecule has 0 unspecified atom stereocenters. The third-order valence-electron chi connectivity index (χ3n) is 11.0. The third-order valence-corrected chi connectivity index (χ3v) is 12.9. The molecule has 2 nitrogen and oxygen atoms in total. The number of fused-ring (bicyclic) bond motifs is 5. The highest BCUT2D eigenvalue weighted by atomic mass is 79.9. The maximum atomic E-state index is 4.38. The van der Waals surface area contributed by atoms with Gasteiger partial charge >= 0.3 is 0 Å². The van der Waals surface area contributed by atoms with Gasteiger partial charge in [0.15, 0.2) is 0 Å². The first-order valence-corrected chi connectivity index (χ1v) is 21.0. The molecule has 0 atom stereocenters. The Hall–Kier alpha value is -5.42. The fraction of sp³-hybridized carbons (Fsp3) is 0.154. The van der Waals surface area contributed by atoms with Gasteiger partial charge < -0.3 is 9.80 Å². The zero-order valence-corrected chi connectivity index (χ0v) is 35.2. The monoisotopic (exact) mass is 808 g/mol. The van der Waals surface area contributed by atoms with Crippen LogP contribution in [0.3, 0.4) is 0 Å². The minimum Gasteiger partial charge on any atom is -0.309 e. The van der Waals surface area contributed by atoms with Gasteiger partial charge in [-0.15, -0.1) is 11.3 Å². The Bertz CT molecular complexity index is 2760. The highest BCUT2D eigenvalue weighted by Crippen LogP contribution is 2.54. The summed E-state index contributed by atoms with van der Waals surface area (Å²) in [6, 6.07) is 60.5. The quantitative estimate of drug-likeness (QED) is 0.165. The Kier molecular flexibility index (Phi) is 9.03. The van der Waals surface area contributed by atoms with Crippen LogP contribution in [0.15, 0.2) is 168 Å². The average Bonchev–Trinajstić information content (AvgIpc) is 3.57. The van der Waals surface area contributed by atoms with Crippen LogP contribution in [0.4, 0.5) is 34.1 Å². The Balaban J connectivity index is 1.37. The standard InChI is InChI=1S/C52H45BrN2S/c1-51(2,3)38-21-27-40(28-22-38)55(41-29-23-39(24-30-41)52(4,5)6)50-48-44-17-11-12-18-46(44)56-47(48)33-45(49(50)53)54(42-25-19-34-13-7-9-15-36(34)31-42)43-26-20-35-14-8-10-16-37(35)32-43/h7-33H,1-6H3. The van der Waals surface area contributed by atoms with Crippen molar-refractivity contribution in [1.29, 1.82) is 0 Å². The summed E-state index contributed by atoms with van der Waals surface area (Å²) in [5, 5.41) is 7.33. The predicted molar refractivity (Wildman–Crippen MR) is 249 cm³/mol. The second-order valence-corrected chi connectivity index (χ2v) is 18.7. The van der Waals surface area contributed by atoms with Gasteiger partial charge in [-0.1, -0.05) is 145 Å². The molecule has 0 aliphatic rings. The van der Waals surface area contributed by atoms with Gasteiger partial charge in [0.1, 0.15) is 0 Å². The molecule has 0 N–H and O–H groups in total. The average molecular weight is 810 g/mol. The van der Waals surface area contributed by atoms with Crippen LogP contribution >= 0.6 is 27.3 Å². The minimum absolute atomic E-state index is 0.0370. The van der Waals surface area contributed by atoms with Gasteiger partial charge in [-0.2, -0.15) is 0 Å². The molecule has 0 aliphatic carbocycles. The highest BCUT2D eigenvalue weighted by Gasteiger charge is 2.28. The lowest BCUT2D eigenvalue weighted by atomic mass is 9.86. The molecular formula is C52H45BrN2S. The number of anilines is 6. The van der Waals surface area contributed by atoms with E-state index in [-0.39, 0.29) is 10.8 Å². The van der Waals surface area contributed by atoms with Crippen LogP contribution in [0.2, 0.25) is 0 Å². The first kappa shape index (κ1) is 36.2. The molecule has 0 radical (unpaired) electrons. The summed E-state index contributed by atoms with van der Waals surface area (Å²) < 4.78 is 3.52. The third kappa shape index (κ3) is 6.55. The molecule has 1 heterocycles. The summed E-state index contributed by atoms with van der Waals surface area (Å²) in [7, 11) is 0. The van der Waals surface area contributed by atoms with E-state index in [4.69, 9.17) is 0 Å². The topological polar surface area (TPSA) is 6.48 Å². The van der Waals surface area contributed by atoms with E-state index in [0.29, 0.717) is 0 Å². The Labute approximate surface area is 342 Å². The highest BCUT2D eigenvalue weighted by molar-refractivity contribution is 9.10. The van der Waals surface area contributed by atoms with Gasteiger partial charge in [-0.05, 0) is 120 Å². The fourth-order valence-electron chi connectivity index (χ4n) is 7.89. The van der Waals surface area contributed by atoms with Crippen molar-refractivity contribution in [2.24, 2.45) is 0 Å². The first-order chi connectivity index (χ1) is 26.9. The molecule has 0 bridgehead atoms. The summed E-state index contributed by atoms with van der Waals surface area (Å²) >= 11 is 6.23. The van der Waals surface area contributed by atoms with E-state index < -0.39 is 0 Å². The number of hydrogen-bond acceptors (Lipinski definition) is 3. The lowest BCUT2D eigenvalue weighted by Crippen LogP contribution is -2.16. The fourth-order valence-corrected chi connectivity index (χ4v) is 9.70. The lowest BCUT2D eigenvalue weighted by Gasteiger charge is -2.33. The molecule has 9 aromatic rings. The number of rotatable bonds is 6. The molecule has 0 saturated carbocycles. The van der Waals surface area contributed by atoms with Crippen molar-refractivity contribution in [2.45, 2.75) is 52.4 Å². The molecule has 9 rings (SSSR count). The van der Waals surface area contributed by atoms with Gasteiger partial charge in [0.25, 0.3) is 0 Å². The maximum Gasteiger partial charge on any atom is 0.0718 e. The van der Waals surface area contributed by atoms with Crippen LogP contribution < -0.4 is 9.80 Å².